The lowest BCUT2D eigenvalue weighted by atomic mass is 10.3. The fourth-order valence-corrected chi connectivity index (χ4v) is 1.49. The van der Waals surface area contributed by atoms with E-state index in [0.29, 0.717) is 17.7 Å². The fraction of sp³-hybridized carbons (Fsp3) is 0.333. The standard InChI is InChI=1S/C12H12N2O3S/c1-9(15)18-6-4-3-5-10-7-13-11(14-8-10)12(16)17-2/h7-8H,4,6H2,1-2H3. The number of methoxy groups -OCH3 is 1. The Hall–Kier alpha value is -1.87. The van der Waals surface area contributed by atoms with E-state index in [4.69, 9.17) is 0 Å². The summed E-state index contributed by atoms with van der Waals surface area (Å²) in [5.74, 6) is 5.85. The average Bonchev–Trinajstić information content (AvgIpc) is 2.38. The molecule has 0 amide bonds. The van der Waals surface area contributed by atoms with Crippen LogP contribution in [0.5, 0.6) is 0 Å². The third-order valence-electron chi connectivity index (χ3n) is 1.78. The van der Waals surface area contributed by atoms with Crippen LogP contribution in [0.3, 0.4) is 0 Å². The molecule has 0 atom stereocenters. The first-order valence-corrected chi connectivity index (χ1v) is 6.14. The van der Waals surface area contributed by atoms with Crippen LogP contribution in [0, 0.1) is 11.8 Å². The maximum Gasteiger partial charge on any atom is 0.376 e. The minimum absolute atomic E-state index is 0.00943. The number of hydrogen-bond acceptors (Lipinski definition) is 6. The number of rotatable bonds is 3. The van der Waals surface area contributed by atoms with Gasteiger partial charge in [-0.1, -0.05) is 23.6 Å². The highest BCUT2D eigenvalue weighted by Crippen LogP contribution is 2.02. The van der Waals surface area contributed by atoms with Crippen LogP contribution in [0.2, 0.25) is 0 Å². The second-order valence-electron chi connectivity index (χ2n) is 3.18. The molecule has 0 saturated heterocycles. The van der Waals surface area contributed by atoms with E-state index in [0.717, 1.165) is 0 Å². The lowest BCUT2D eigenvalue weighted by Gasteiger charge is -1.96. The minimum atomic E-state index is -0.577. The molecule has 0 radical (unpaired) electrons. The number of esters is 1. The topological polar surface area (TPSA) is 69.2 Å². The summed E-state index contributed by atoms with van der Waals surface area (Å²) < 4.78 is 4.48. The Morgan fingerprint density at radius 3 is 2.61 bits per heavy atom. The van der Waals surface area contributed by atoms with E-state index < -0.39 is 5.97 Å². The summed E-state index contributed by atoms with van der Waals surface area (Å²) in [7, 11) is 1.27. The third-order valence-corrected chi connectivity index (χ3v) is 2.60. The molecule has 0 aromatic carbocycles. The van der Waals surface area contributed by atoms with Crippen LogP contribution in [0.4, 0.5) is 0 Å². The molecule has 0 spiro atoms. The number of carbonyl (C=O) groups excluding carboxylic acids is 2. The molecule has 0 N–H and O–H groups in total. The van der Waals surface area contributed by atoms with Crippen molar-refractivity contribution in [2.45, 2.75) is 13.3 Å². The normalized spacial score (nSPS) is 9.22. The first-order chi connectivity index (χ1) is 8.63. The van der Waals surface area contributed by atoms with Crippen molar-refractivity contribution in [2.24, 2.45) is 0 Å². The molecule has 6 heteroatoms. The SMILES string of the molecule is COC(=O)c1ncc(C#CCCSC(C)=O)cn1. The van der Waals surface area contributed by atoms with Gasteiger partial charge in [0.15, 0.2) is 5.12 Å². The van der Waals surface area contributed by atoms with Gasteiger partial charge in [0.05, 0.1) is 12.7 Å². The van der Waals surface area contributed by atoms with E-state index in [1.54, 1.807) is 0 Å². The summed E-state index contributed by atoms with van der Waals surface area (Å²) in [6.45, 7) is 1.53. The first-order valence-electron chi connectivity index (χ1n) is 5.16. The van der Waals surface area contributed by atoms with E-state index in [1.807, 2.05) is 0 Å². The maximum absolute atomic E-state index is 11.1. The molecule has 0 aliphatic heterocycles. The van der Waals surface area contributed by atoms with Crippen molar-refractivity contribution in [3.05, 3.63) is 23.8 Å². The van der Waals surface area contributed by atoms with Gasteiger partial charge in [-0.3, -0.25) is 4.79 Å². The number of hydrogen-bond donors (Lipinski definition) is 0. The smallest absolute Gasteiger partial charge is 0.376 e. The highest BCUT2D eigenvalue weighted by molar-refractivity contribution is 8.13. The summed E-state index contributed by atoms with van der Waals surface area (Å²) in [6.07, 6.45) is 3.54. The molecule has 1 aromatic rings. The highest BCUT2D eigenvalue weighted by Gasteiger charge is 2.07. The molecule has 1 aromatic heterocycles. The van der Waals surface area contributed by atoms with Crippen molar-refractivity contribution < 1.29 is 14.3 Å². The largest absolute Gasteiger partial charge is 0.463 e. The molecule has 18 heavy (non-hydrogen) atoms. The predicted octanol–water partition coefficient (Wildman–Crippen LogP) is 1.28. The summed E-state index contributed by atoms with van der Waals surface area (Å²) in [4.78, 5) is 29.4. The molecular weight excluding hydrogens is 252 g/mol. The van der Waals surface area contributed by atoms with Crippen LogP contribution >= 0.6 is 11.8 Å². The molecule has 0 aliphatic carbocycles. The van der Waals surface area contributed by atoms with Gasteiger partial charge < -0.3 is 4.74 Å². The molecule has 0 bridgehead atoms. The Bertz CT molecular complexity index is 488. The molecule has 94 valence electrons. The summed E-state index contributed by atoms with van der Waals surface area (Å²) in [5.41, 5.74) is 0.621. The van der Waals surface area contributed by atoms with Crippen molar-refractivity contribution >= 4 is 22.8 Å². The van der Waals surface area contributed by atoms with Crippen molar-refractivity contribution in [2.75, 3.05) is 12.9 Å². The van der Waals surface area contributed by atoms with Gasteiger partial charge >= 0.3 is 5.97 Å². The van der Waals surface area contributed by atoms with Gasteiger partial charge in [0.1, 0.15) is 0 Å². The highest BCUT2D eigenvalue weighted by atomic mass is 32.2. The summed E-state index contributed by atoms with van der Waals surface area (Å²) >= 11 is 1.24. The molecule has 1 rings (SSSR count). The van der Waals surface area contributed by atoms with Crippen LogP contribution in [0.15, 0.2) is 12.4 Å². The van der Waals surface area contributed by atoms with E-state index in [9.17, 15) is 9.59 Å². The van der Waals surface area contributed by atoms with Gasteiger partial charge in [-0.05, 0) is 0 Å². The lowest BCUT2D eigenvalue weighted by molar-refractivity contribution is -0.109. The zero-order valence-electron chi connectivity index (χ0n) is 10.1. The zero-order valence-corrected chi connectivity index (χ0v) is 10.9. The quantitative estimate of drug-likeness (QED) is 0.465. The van der Waals surface area contributed by atoms with Gasteiger partial charge in [-0.15, -0.1) is 0 Å². The first kappa shape index (κ1) is 14.2. The Kier molecular flexibility index (Phi) is 5.88. The zero-order chi connectivity index (χ0) is 13.4. The Labute approximate surface area is 109 Å². The third kappa shape index (κ3) is 4.97. The maximum atomic E-state index is 11.1. The number of thioether (sulfide) groups is 1. The van der Waals surface area contributed by atoms with Crippen LogP contribution < -0.4 is 0 Å². The van der Waals surface area contributed by atoms with Crippen molar-refractivity contribution in [1.29, 1.82) is 0 Å². The monoisotopic (exact) mass is 264 g/mol. The lowest BCUT2D eigenvalue weighted by Crippen LogP contribution is -2.06. The van der Waals surface area contributed by atoms with Crippen molar-refractivity contribution in [3.8, 4) is 11.8 Å². The Morgan fingerprint density at radius 1 is 1.39 bits per heavy atom. The summed E-state index contributed by atoms with van der Waals surface area (Å²) in [6, 6.07) is 0. The van der Waals surface area contributed by atoms with E-state index >= 15 is 0 Å². The van der Waals surface area contributed by atoms with E-state index in [2.05, 4.69) is 26.5 Å². The fourth-order valence-electron chi connectivity index (χ4n) is 1.000. The predicted molar refractivity (Wildman–Crippen MR) is 68.0 cm³/mol. The molecule has 0 aliphatic rings. The molecule has 0 fully saturated rings. The van der Waals surface area contributed by atoms with Crippen LogP contribution in [-0.2, 0) is 9.53 Å². The van der Waals surface area contributed by atoms with Crippen LogP contribution in [-0.4, -0.2) is 33.9 Å². The average molecular weight is 264 g/mol. The number of nitrogens with zero attached hydrogens (tertiary/aromatic N) is 2. The summed E-state index contributed by atoms with van der Waals surface area (Å²) in [5, 5.41) is 0.0857. The second kappa shape index (κ2) is 7.45. The molecule has 5 nitrogen and oxygen atoms in total. The van der Waals surface area contributed by atoms with E-state index in [-0.39, 0.29) is 10.9 Å². The van der Waals surface area contributed by atoms with Gasteiger partial charge in [0.25, 0.3) is 0 Å². The molecule has 0 saturated carbocycles. The van der Waals surface area contributed by atoms with Gasteiger partial charge in [-0.2, -0.15) is 0 Å². The van der Waals surface area contributed by atoms with Crippen LogP contribution in [0.1, 0.15) is 29.5 Å². The van der Waals surface area contributed by atoms with Gasteiger partial charge in [-0.25, -0.2) is 14.8 Å². The number of carbonyl (C=O) groups is 2. The van der Waals surface area contributed by atoms with Gasteiger partial charge in [0, 0.05) is 31.5 Å². The van der Waals surface area contributed by atoms with E-state index in [1.165, 1.54) is 38.2 Å². The van der Waals surface area contributed by atoms with Gasteiger partial charge in [0.2, 0.25) is 5.82 Å². The molecule has 0 unspecified atom stereocenters. The van der Waals surface area contributed by atoms with Crippen LogP contribution in [0.25, 0.3) is 0 Å². The number of ether oxygens (including phenoxy) is 1. The molecular formula is C12H12N2O3S. The minimum Gasteiger partial charge on any atom is -0.463 e. The number of aromatic nitrogens is 2. The van der Waals surface area contributed by atoms with Crippen molar-refractivity contribution in [1.82, 2.24) is 9.97 Å². The molecule has 1 heterocycles. The van der Waals surface area contributed by atoms with Crippen molar-refractivity contribution in [3.63, 3.8) is 0 Å². The second-order valence-corrected chi connectivity index (χ2v) is 4.45. The Balaban J connectivity index is 2.51. The Morgan fingerprint density at radius 2 is 2.06 bits per heavy atom.